The summed E-state index contributed by atoms with van der Waals surface area (Å²) in [6.07, 6.45) is 4.71. The van der Waals surface area contributed by atoms with Crippen LogP contribution in [0.1, 0.15) is 13.3 Å². The van der Waals surface area contributed by atoms with Crippen molar-refractivity contribution in [3.63, 3.8) is 0 Å². The highest BCUT2D eigenvalue weighted by molar-refractivity contribution is 5.73. The molecular weight excluding hydrogens is 142 g/mol. The molecule has 0 aromatic heterocycles. The summed E-state index contributed by atoms with van der Waals surface area (Å²) in [5, 5.41) is 11.5. The number of hydrogen-bond acceptors (Lipinski definition) is 2. The summed E-state index contributed by atoms with van der Waals surface area (Å²) >= 11 is 0. The molecule has 0 unspecified atom stereocenters. The molecule has 0 heterocycles. The zero-order valence-corrected chi connectivity index (χ0v) is 6.58. The molecule has 0 aliphatic heterocycles. The summed E-state index contributed by atoms with van der Waals surface area (Å²) in [6.45, 7) is 1.67. The molecule has 0 fully saturated rings. The van der Waals surface area contributed by atoms with Crippen LogP contribution < -0.4 is 5.32 Å². The first-order valence-electron chi connectivity index (χ1n) is 3.78. The Bertz CT molecular complexity index is 177. The van der Waals surface area contributed by atoms with Gasteiger partial charge in [0, 0.05) is 25.5 Å². The SMILES string of the molecule is CC(=O)N[C@@H]1C=C[C@H](CO)C1. The second-order valence-corrected chi connectivity index (χ2v) is 2.87. The van der Waals surface area contributed by atoms with Crippen molar-refractivity contribution in [2.24, 2.45) is 5.92 Å². The van der Waals surface area contributed by atoms with Gasteiger partial charge >= 0.3 is 0 Å². The second-order valence-electron chi connectivity index (χ2n) is 2.87. The third-order valence-electron chi connectivity index (χ3n) is 1.80. The van der Waals surface area contributed by atoms with Gasteiger partial charge in [-0.3, -0.25) is 4.79 Å². The number of rotatable bonds is 2. The quantitative estimate of drug-likeness (QED) is 0.554. The minimum atomic E-state index is -0.0155. The molecule has 0 spiro atoms. The van der Waals surface area contributed by atoms with Crippen LogP contribution in [0.25, 0.3) is 0 Å². The lowest BCUT2D eigenvalue weighted by Crippen LogP contribution is -2.30. The largest absolute Gasteiger partial charge is 0.396 e. The predicted molar refractivity (Wildman–Crippen MR) is 41.9 cm³/mol. The second kappa shape index (κ2) is 3.53. The first-order chi connectivity index (χ1) is 5.22. The number of amides is 1. The zero-order valence-electron chi connectivity index (χ0n) is 6.58. The number of nitrogens with one attached hydrogen (secondary N) is 1. The highest BCUT2D eigenvalue weighted by atomic mass is 16.3. The van der Waals surface area contributed by atoms with E-state index in [0.717, 1.165) is 6.42 Å². The van der Waals surface area contributed by atoms with Crippen LogP contribution in [0.3, 0.4) is 0 Å². The van der Waals surface area contributed by atoms with E-state index in [1.54, 1.807) is 0 Å². The van der Waals surface area contributed by atoms with Gasteiger partial charge in [-0.15, -0.1) is 0 Å². The Kier molecular flexibility index (Phi) is 2.65. The Labute approximate surface area is 66.1 Å². The predicted octanol–water partition coefficient (Wildman–Crippen LogP) is 0.0595. The van der Waals surface area contributed by atoms with E-state index in [1.165, 1.54) is 6.92 Å². The van der Waals surface area contributed by atoms with Crippen LogP contribution in [0.15, 0.2) is 12.2 Å². The molecule has 1 rings (SSSR count). The van der Waals surface area contributed by atoms with Crippen molar-refractivity contribution in [3.8, 4) is 0 Å². The van der Waals surface area contributed by atoms with Gasteiger partial charge in [0.25, 0.3) is 0 Å². The minimum absolute atomic E-state index is 0.0155. The zero-order chi connectivity index (χ0) is 8.27. The molecule has 1 amide bonds. The van der Waals surface area contributed by atoms with Crippen LogP contribution in [-0.4, -0.2) is 23.7 Å². The average Bonchev–Trinajstić information content (AvgIpc) is 2.34. The van der Waals surface area contributed by atoms with Gasteiger partial charge in [0.05, 0.1) is 0 Å². The summed E-state index contributed by atoms with van der Waals surface area (Å²) in [7, 11) is 0. The summed E-state index contributed by atoms with van der Waals surface area (Å²) < 4.78 is 0. The number of aliphatic hydroxyl groups excluding tert-OH is 1. The molecule has 1 aliphatic carbocycles. The van der Waals surface area contributed by atoms with E-state index in [-0.39, 0.29) is 24.5 Å². The maximum atomic E-state index is 10.6. The maximum Gasteiger partial charge on any atom is 0.217 e. The molecule has 0 aromatic carbocycles. The van der Waals surface area contributed by atoms with Crippen molar-refractivity contribution in [3.05, 3.63) is 12.2 Å². The van der Waals surface area contributed by atoms with Crippen LogP contribution >= 0.6 is 0 Å². The lowest BCUT2D eigenvalue weighted by atomic mass is 10.1. The highest BCUT2D eigenvalue weighted by Crippen LogP contribution is 2.16. The van der Waals surface area contributed by atoms with Gasteiger partial charge in [-0.1, -0.05) is 12.2 Å². The van der Waals surface area contributed by atoms with E-state index in [2.05, 4.69) is 5.32 Å². The van der Waals surface area contributed by atoms with Gasteiger partial charge in [0.1, 0.15) is 0 Å². The maximum absolute atomic E-state index is 10.6. The Balaban J connectivity index is 2.32. The molecule has 2 N–H and O–H groups in total. The summed E-state index contributed by atoms with van der Waals surface area (Å²) in [6, 6.07) is 0.129. The Morgan fingerprint density at radius 3 is 2.91 bits per heavy atom. The van der Waals surface area contributed by atoms with Crippen molar-refractivity contribution in [2.75, 3.05) is 6.61 Å². The summed E-state index contributed by atoms with van der Waals surface area (Å²) in [5.41, 5.74) is 0. The van der Waals surface area contributed by atoms with Crippen molar-refractivity contribution < 1.29 is 9.90 Å². The van der Waals surface area contributed by atoms with Crippen molar-refractivity contribution in [2.45, 2.75) is 19.4 Å². The molecule has 1 aliphatic rings. The lowest BCUT2D eigenvalue weighted by molar-refractivity contribution is -0.119. The fourth-order valence-electron chi connectivity index (χ4n) is 1.28. The smallest absolute Gasteiger partial charge is 0.217 e. The van der Waals surface area contributed by atoms with E-state index in [1.807, 2.05) is 12.2 Å². The Morgan fingerprint density at radius 1 is 1.73 bits per heavy atom. The molecule has 3 heteroatoms. The normalized spacial score (nSPS) is 28.9. The summed E-state index contributed by atoms with van der Waals surface area (Å²) in [5.74, 6) is 0.213. The first-order valence-corrected chi connectivity index (χ1v) is 3.78. The molecule has 3 nitrogen and oxygen atoms in total. The number of aliphatic hydroxyl groups is 1. The van der Waals surface area contributed by atoms with E-state index in [9.17, 15) is 4.79 Å². The first kappa shape index (κ1) is 8.27. The third-order valence-corrected chi connectivity index (χ3v) is 1.80. The molecule has 2 atom stereocenters. The Hall–Kier alpha value is -0.830. The fraction of sp³-hybridized carbons (Fsp3) is 0.625. The average molecular weight is 155 g/mol. The van der Waals surface area contributed by atoms with Crippen LogP contribution in [-0.2, 0) is 4.79 Å². The van der Waals surface area contributed by atoms with Crippen molar-refractivity contribution >= 4 is 5.91 Å². The monoisotopic (exact) mass is 155 g/mol. The molecular formula is C8H13NO2. The standard InChI is InChI=1S/C8H13NO2/c1-6(11)9-8-3-2-7(4-8)5-10/h2-3,7-8,10H,4-5H2,1H3,(H,9,11)/t7-,8+/m0/s1. The Morgan fingerprint density at radius 2 is 2.45 bits per heavy atom. The van der Waals surface area contributed by atoms with Gasteiger partial charge in [-0.05, 0) is 6.42 Å². The van der Waals surface area contributed by atoms with Crippen LogP contribution in [0, 0.1) is 5.92 Å². The summed E-state index contributed by atoms with van der Waals surface area (Å²) in [4.78, 5) is 10.6. The van der Waals surface area contributed by atoms with Gasteiger partial charge < -0.3 is 10.4 Å². The fourth-order valence-corrected chi connectivity index (χ4v) is 1.28. The molecule has 11 heavy (non-hydrogen) atoms. The van der Waals surface area contributed by atoms with E-state index in [4.69, 9.17) is 5.11 Å². The van der Waals surface area contributed by atoms with Gasteiger partial charge in [-0.2, -0.15) is 0 Å². The molecule has 0 saturated carbocycles. The highest BCUT2D eigenvalue weighted by Gasteiger charge is 2.17. The number of hydrogen-bond donors (Lipinski definition) is 2. The number of carbonyl (C=O) groups excluding carboxylic acids is 1. The topological polar surface area (TPSA) is 49.3 Å². The van der Waals surface area contributed by atoms with E-state index in [0.29, 0.717) is 0 Å². The molecule has 0 bridgehead atoms. The lowest BCUT2D eigenvalue weighted by Gasteiger charge is -2.10. The molecule has 0 aromatic rings. The van der Waals surface area contributed by atoms with Crippen molar-refractivity contribution in [1.29, 1.82) is 0 Å². The van der Waals surface area contributed by atoms with Crippen molar-refractivity contribution in [1.82, 2.24) is 5.32 Å². The van der Waals surface area contributed by atoms with E-state index >= 15 is 0 Å². The van der Waals surface area contributed by atoms with Crippen LogP contribution in [0.2, 0.25) is 0 Å². The van der Waals surface area contributed by atoms with Crippen LogP contribution in [0.4, 0.5) is 0 Å². The van der Waals surface area contributed by atoms with Gasteiger partial charge in [-0.25, -0.2) is 0 Å². The van der Waals surface area contributed by atoms with Gasteiger partial charge in [0.2, 0.25) is 5.91 Å². The molecule has 0 radical (unpaired) electrons. The number of carbonyl (C=O) groups is 1. The molecule has 0 saturated heterocycles. The van der Waals surface area contributed by atoms with Crippen LogP contribution in [0.5, 0.6) is 0 Å². The third kappa shape index (κ3) is 2.35. The minimum Gasteiger partial charge on any atom is -0.396 e. The van der Waals surface area contributed by atoms with E-state index < -0.39 is 0 Å². The molecule has 62 valence electrons. The van der Waals surface area contributed by atoms with Gasteiger partial charge in [0.15, 0.2) is 0 Å².